The molecule has 0 radical (unpaired) electrons. The fourth-order valence-corrected chi connectivity index (χ4v) is 4.84. The third-order valence-electron chi connectivity index (χ3n) is 7.42. The minimum absolute atomic E-state index is 0.0923. The highest BCUT2D eigenvalue weighted by atomic mass is 16.6. The van der Waals surface area contributed by atoms with Crippen LogP contribution in [0.2, 0.25) is 0 Å². The first-order chi connectivity index (χ1) is 15.6. The predicted octanol–water partition coefficient (Wildman–Crippen LogP) is 3.87. The summed E-state index contributed by atoms with van der Waals surface area (Å²) < 4.78 is 17.5. The minimum atomic E-state index is -0.589. The summed E-state index contributed by atoms with van der Waals surface area (Å²) >= 11 is 0. The lowest BCUT2D eigenvalue weighted by molar-refractivity contribution is -0.155. The molecule has 3 atom stereocenters. The largest absolute Gasteiger partial charge is 0.507 e. The van der Waals surface area contributed by atoms with Crippen LogP contribution in [0.15, 0.2) is 18.2 Å². The molecule has 3 unspecified atom stereocenters. The monoisotopic (exact) mass is 450 g/mol. The van der Waals surface area contributed by atoms with Gasteiger partial charge in [-0.1, -0.05) is 25.1 Å². The lowest BCUT2D eigenvalue weighted by atomic mass is 9.86. The summed E-state index contributed by atoms with van der Waals surface area (Å²) in [6.45, 7) is 9.94. The summed E-state index contributed by atoms with van der Waals surface area (Å²) in [5.41, 5.74) is 3.12. The molecule has 5 nitrogen and oxygen atoms in total. The predicted molar refractivity (Wildman–Crippen MR) is 129 cm³/mol. The first-order valence-corrected chi connectivity index (χ1v) is 11.7. The Bertz CT molecular complexity index is 1210. The van der Waals surface area contributed by atoms with Gasteiger partial charge in [0, 0.05) is 5.56 Å². The number of phenols is 1. The van der Waals surface area contributed by atoms with E-state index in [0.29, 0.717) is 5.75 Å². The summed E-state index contributed by atoms with van der Waals surface area (Å²) in [5, 5.41) is 12.6. The number of aromatic hydroxyl groups is 1. The van der Waals surface area contributed by atoms with Crippen molar-refractivity contribution < 1.29 is 24.1 Å². The van der Waals surface area contributed by atoms with Crippen LogP contribution in [-0.2, 0) is 16.0 Å². The number of phenolic OH excluding ortho intramolecular Hbond substituents is 1. The number of hydrogen-bond donors (Lipinski definition) is 1. The molecule has 0 bridgehead atoms. The van der Waals surface area contributed by atoms with Crippen molar-refractivity contribution in [2.75, 3.05) is 13.7 Å². The van der Waals surface area contributed by atoms with Gasteiger partial charge in [0.2, 0.25) is 0 Å². The van der Waals surface area contributed by atoms with Gasteiger partial charge in [-0.3, -0.25) is 4.79 Å². The molecule has 1 N–H and O–H groups in total. The van der Waals surface area contributed by atoms with E-state index >= 15 is 0 Å². The van der Waals surface area contributed by atoms with Crippen LogP contribution in [0.1, 0.15) is 48.9 Å². The van der Waals surface area contributed by atoms with E-state index in [4.69, 9.17) is 14.2 Å². The molecule has 176 valence electrons. The molecule has 0 amide bonds. The second kappa shape index (κ2) is 8.77. The zero-order valence-corrected chi connectivity index (χ0v) is 20.5. The number of fused-ring (bicyclic) bond motifs is 2. The van der Waals surface area contributed by atoms with Crippen LogP contribution in [0.4, 0.5) is 0 Å². The summed E-state index contributed by atoms with van der Waals surface area (Å²) in [7, 11) is 1.66. The highest BCUT2D eigenvalue weighted by Crippen LogP contribution is 2.43. The Kier molecular flexibility index (Phi) is 6.17. The topological polar surface area (TPSA) is 65.0 Å². The molecule has 33 heavy (non-hydrogen) atoms. The van der Waals surface area contributed by atoms with Gasteiger partial charge in [-0.25, -0.2) is 0 Å². The van der Waals surface area contributed by atoms with Gasteiger partial charge in [0.05, 0.1) is 13.0 Å². The van der Waals surface area contributed by atoms with E-state index in [0.717, 1.165) is 63.5 Å². The second-order valence-electron chi connectivity index (χ2n) is 9.74. The molecule has 2 aromatic rings. The SMILES string of the molecule is COc1ccc2c(c1)=CCC(C(C)C(=O)OCC1(C)CCc3c(C)c(O)c(C)c(C)c3O1)C=2. The van der Waals surface area contributed by atoms with Crippen molar-refractivity contribution in [2.45, 2.75) is 59.5 Å². The number of rotatable bonds is 5. The lowest BCUT2D eigenvalue weighted by Crippen LogP contribution is -2.43. The molecular weight excluding hydrogens is 416 g/mol. The van der Waals surface area contributed by atoms with Gasteiger partial charge < -0.3 is 19.3 Å². The highest BCUT2D eigenvalue weighted by molar-refractivity contribution is 5.74. The Hall–Kier alpha value is -2.95. The third kappa shape index (κ3) is 4.33. The van der Waals surface area contributed by atoms with Crippen molar-refractivity contribution in [1.29, 1.82) is 0 Å². The van der Waals surface area contributed by atoms with E-state index < -0.39 is 5.60 Å². The molecule has 2 aliphatic rings. The second-order valence-corrected chi connectivity index (χ2v) is 9.74. The Balaban J connectivity index is 1.44. The van der Waals surface area contributed by atoms with Crippen LogP contribution in [0.25, 0.3) is 12.2 Å². The third-order valence-corrected chi connectivity index (χ3v) is 7.42. The number of carbonyl (C=O) groups excluding carboxylic acids is 1. The van der Waals surface area contributed by atoms with Crippen LogP contribution in [0.3, 0.4) is 0 Å². The van der Waals surface area contributed by atoms with Crippen LogP contribution in [-0.4, -0.2) is 30.4 Å². The summed E-state index contributed by atoms with van der Waals surface area (Å²) in [5.74, 6) is 1.64. The van der Waals surface area contributed by atoms with Crippen molar-refractivity contribution >= 4 is 18.1 Å². The van der Waals surface area contributed by atoms with E-state index in [1.54, 1.807) is 7.11 Å². The Morgan fingerprint density at radius 2 is 1.97 bits per heavy atom. The maximum Gasteiger partial charge on any atom is 0.309 e. The van der Waals surface area contributed by atoms with Gasteiger partial charge in [-0.05, 0) is 92.1 Å². The van der Waals surface area contributed by atoms with Gasteiger partial charge in [-0.15, -0.1) is 0 Å². The molecule has 1 aliphatic heterocycles. The van der Waals surface area contributed by atoms with Crippen LogP contribution in [0, 0.1) is 32.6 Å². The van der Waals surface area contributed by atoms with Crippen LogP contribution in [0.5, 0.6) is 17.2 Å². The number of methoxy groups -OCH3 is 1. The number of hydrogen-bond acceptors (Lipinski definition) is 5. The van der Waals surface area contributed by atoms with Crippen molar-refractivity contribution in [1.82, 2.24) is 0 Å². The molecule has 0 saturated carbocycles. The molecule has 5 heteroatoms. The zero-order valence-electron chi connectivity index (χ0n) is 20.5. The standard InChI is InChI=1S/C28H34O5/c1-16-17(2)26-24(19(4)25(16)29)11-12-28(5,33-26)15-32-27(30)18(3)20-7-8-22-14-23(31-6)10-9-21(22)13-20/h8-10,13-14,18,20,29H,7,11-12,15H2,1-6H3. The fraction of sp³-hybridized carbons (Fsp3) is 0.464. The first kappa shape index (κ1) is 23.2. The quantitative estimate of drug-likeness (QED) is 0.701. The molecule has 1 heterocycles. The van der Waals surface area contributed by atoms with E-state index in [1.165, 1.54) is 0 Å². The van der Waals surface area contributed by atoms with Gasteiger partial charge in [-0.2, -0.15) is 0 Å². The maximum atomic E-state index is 12.9. The molecule has 0 aromatic heterocycles. The average Bonchev–Trinajstić information content (AvgIpc) is 2.83. The van der Waals surface area contributed by atoms with E-state index in [1.807, 2.05) is 52.8 Å². The molecular formula is C28H34O5. The summed E-state index contributed by atoms with van der Waals surface area (Å²) in [6.07, 6.45) is 6.63. The molecule has 4 rings (SSSR count). The number of ether oxygens (including phenoxy) is 3. The van der Waals surface area contributed by atoms with Gasteiger partial charge in [0.25, 0.3) is 0 Å². The van der Waals surface area contributed by atoms with Crippen molar-refractivity contribution in [2.24, 2.45) is 11.8 Å². The fourth-order valence-electron chi connectivity index (χ4n) is 4.84. The Morgan fingerprint density at radius 3 is 2.70 bits per heavy atom. The molecule has 0 fully saturated rings. The smallest absolute Gasteiger partial charge is 0.309 e. The highest BCUT2D eigenvalue weighted by Gasteiger charge is 2.36. The lowest BCUT2D eigenvalue weighted by Gasteiger charge is -2.37. The van der Waals surface area contributed by atoms with E-state index in [-0.39, 0.29) is 24.4 Å². The Labute approximate surface area is 195 Å². The van der Waals surface area contributed by atoms with Gasteiger partial charge >= 0.3 is 5.97 Å². The molecule has 0 spiro atoms. The van der Waals surface area contributed by atoms with E-state index in [9.17, 15) is 9.90 Å². The van der Waals surface area contributed by atoms with Crippen LogP contribution < -0.4 is 19.9 Å². The number of carbonyl (C=O) groups is 1. The number of benzene rings is 2. The normalized spacial score (nSPS) is 22.1. The maximum absolute atomic E-state index is 12.9. The number of esters is 1. The van der Waals surface area contributed by atoms with Gasteiger partial charge in [0.1, 0.15) is 29.5 Å². The summed E-state index contributed by atoms with van der Waals surface area (Å²) in [6, 6.07) is 6.00. The van der Waals surface area contributed by atoms with Crippen molar-refractivity contribution in [3.63, 3.8) is 0 Å². The van der Waals surface area contributed by atoms with Crippen molar-refractivity contribution in [3.05, 3.63) is 50.9 Å². The molecule has 1 aliphatic carbocycles. The minimum Gasteiger partial charge on any atom is -0.507 e. The first-order valence-electron chi connectivity index (χ1n) is 11.7. The van der Waals surface area contributed by atoms with Crippen LogP contribution >= 0.6 is 0 Å². The average molecular weight is 451 g/mol. The Morgan fingerprint density at radius 1 is 1.21 bits per heavy atom. The molecule has 0 saturated heterocycles. The zero-order chi connectivity index (χ0) is 23.9. The van der Waals surface area contributed by atoms with Crippen molar-refractivity contribution in [3.8, 4) is 17.2 Å². The van der Waals surface area contributed by atoms with Gasteiger partial charge in [0.15, 0.2) is 0 Å². The van der Waals surface area contributed by atoms with E-state index in [2.05, 4.69) is 12.2 Å². The summed E-state index contributed by atoms with van der Waals surface area (Å²) in [4.78, 5) is 12.9. The molecule has 2 aromatic carbocycles.